The molecular formula is C17H20BrN. The summed E-state index contributed by atoms with van der Waals surface area (Å²) in [5, 5.41) is 6.38. The molecule has 0 amide bonds. The summed E-state index contributed by atoms with van der Waals surface area (Å²) >= 11 is 3.64. The molecule has 1 nitrogen and oxygen atoms in total. The van der Waals surface area contributed by atoms with Gasteiger partial charge in [-0.1, -0.05) is 60.0 Å². The first-order valence-corrected chi connectivity index (χ1v) is 7.99. The van der Waals surface area contributed by atoms with Gasteiger partial charge < -0.3 is 5.32 Å². The molecule has 2 aromatic rings. The van der Waals surface area contributed by atoms with Crippen LogP contribution >= 0.6 is 15.9 Å². The number of nitrogens with one attached hydrogen (secondary N) is 1. The Morgan fingerprint density at radius 2 is 1.74 bits per heavy atom. The van der Waals surface area contributed by atoms with E-state index in [4.69, 9.17) is 0 Å². The second kappa shape index (κ2) is 5.54. The van der Waals surface area contributed by atoms with Gasteiger partial charge in [0.1, 0.15) is 0 Å². The van der Waals surface area contributed by atoms with Crippen molar-refractivity contribution in [1.82, 2.24) is 0 Å². The minimum absolute atomic E-state index is 0.623. The lowest BCUT2D eigenvalue weighted by molar-refractivity contribution is 0.350. The molecule has 2 aromatic carbocycles. The maximum atomic E-state index is 3.78. The molecule has 0 bridgehead atoms. The van der Waals surface area contributed by atoms with Gasteiger partial charge in [-0.2, -0.15) is 0 Å². The van der Waals surface area contributed by atoms with Crippen LogP contribution in [0.5, 0.6) is 0 Å². The molecule has 19 heavy (non-hydrogen) atoms. The van der Waals surface area contributed by atoms with Crippen molar-refractivity contribution in [3.05, 3.63) is 40.9 Å². The molecule has 1 aliphatic carbocycles. The molecule has 3 rings (SSSR count). The average Bonchev–Trinajstić information content (AvgIpc) is 2.44. The molecule has 2 unspecified atom stereocenters. The van der Waals surface area contributed by atoms with Crippen molar-refractivity contribution >= 4 is 32.4 Å². The highest BCUT2D eigenvalue weighted by Crippen LogP contribution is 2.33. The first-order valence-electron chi connectivity index (χ1n) is 7.19. The molecule has 0 heterocycles. The molecule has 1 N–H and O–H groups in total. The fraction of sp³-hybridized carbons (Fsp3) is 0.412. The molecule has 1 saturated carbocycles. The number of hydrogen-bond donors (Lipinski definition) is 1. The second-order valence-electron chi connectivity index (χ2n) is 5.65. The minimum atomic E-state index is 0.623. The van der Waals surface area contributed by atoms with E-state index in [9.17, 15) is 0 Å². The van der Waals surface area contributed by atoms with Crippen LogP contribution in [0.2, 0.25) is 0 Å². The molecule has 2 atom stereocenters. The van der Waals surface area contributed by atoms with E-state index in [1.54, 1.807) is 0 Å². The predicted molar refractivity (Wildman–Crippen MR) is 86.7 cm³/mol. The van der Waals surface area contributed by atoms with E-state index in [0.29, 0.717) is 6.04 Å². The lowest BCUT2D eigenvalue weighted by Gasteiger charge is -2.30. The minimum Gasteiger partial charge on any atom is -0.382 e. The maximum Gasteiger partial charge on any atom is 0.0422 e. The standard InChI is InChI=1S/C17H20BrN/c1-12-6-2-5-9-16(12)19-17-11-10-15(18)13-7-3-4-8-14(13)17/h3-4,7-8,10-12,16,19H,2,5-6,9H2,1H3. The van der Waals surface area contributed by atoms with E-state index in [1.807, 2.05) is 0 Å². The first-order chi connectivity index (χ1) is 9.25. The second-order valence-corrected chi connectivity index (χ2v) is 6.51. The van der Waals surface area contributed by atoms with Gasteiger partial charge in [-0.15, -0.1) is 0 Å². The zero-order chi connectivity index (χ0) is 13.2. The van der Waals surface area contributed by atoms with Crippen molar-refractivity contribution in [2.24, 2.45) is 5.92 Å². The predicted octanol–water partition coefficient (Wildman–Crippen LogP) is 5.59. The van der Waals surface area contributed by atoms with Gasteiger partial charge in [0.2, 0.25) is 0 Å². The van der Waals surface area contributed by atoms with E-state index in [2.05, 4.69) is 64.6 Å². The maximum absolute atomic E-state index is 3.78. The molecule has 0 radical (unpaired) electrons. The highest BCUT2D eigenvalue weighted by Gasteiger charge is 2.21. The van der Waals surface area contributed by atoms with Crippen LogP contribution in [-0.4, -0.2) is 6.04 Å². The Morgan fingerprint density at radius 1 is 1.00 bits per heavy atom. The van der Waals surface area contributed by atoms with E-state index in [-0.39, 0.29) is 0 Å². The Kier molecular flexibility index (Phi) is 3.79. The fourth-order valence-corrected chi connectivity index (χ4v) is 3.60. The zero-order valence-electron chi connectivity index (χ0n) is 11.3. The van der Waals surface area contributed by atoms with Gasteiger partial charge >= 0.3 is 0 Å². The van der Waals surface area contributed by atoms with E-state index < -0.39 is 0 Å². The van der Waals surface area contributed by atoms with Crippen LogP contribution < -0.4 is 5.32 Å². The van der Waals surface area contributed by atoms with Crippen molar-refractivity contribution < 1.29 is 0 Å². The van der Waals surface area contributed by atoms with Crippen molar-refractivity contribution in [2.75, 3.05) is 5.32 Å². The molecule has 0 spiro atoms. The smallest absolute Gasteiger partial charge is 0.0422 e. The van der Waals surface area contributed by atoms with Crippen LogP contribution in [0.3, 0.4) is 0 Å². The van der Waals surface area contributed by atoms with E-state index in [0.717, 1.165) is 5.92 Å². The van der Waals surface area contributed by atoms with Crippen LogP contribution in [0.1, 0.15) is 32.6 Å². The van der Waals surface area contributed by atoms with Gasteiger partial charge in [0.25, 0.3) is 0 Å². The molecule has 2 heteroatoms. The molecule has 0 aliphatic heterocycles. The van der Waals surface area contributed by atoms with E-state index >= 15 is 0 Å². The summed E-state index contributed by atoms with van der Waals surface area (Å²) < 4.78 is 1.17. The van der Waals surface area contributed by atoms with Crippen molar-refractivity contribution in [3.63, 3.8) is 0 Å². The third kappa shape index (κ3) is 2.64. The van der Waals surface area contributed by atoms with E-state index in [1.165, 1.54) is 46.6 Å². The van der Waals surface area contributed by atoms with Gasteiger partial charge in [-0.05, 0) is 36.3 Å². The van der Waals surface area contributed by atoms with Gasteiger partial charge in [0.15, 0.2) is 0 Å². The number of hydrogen-bond acceptors (Lipinski definition) is 1. The van der Waals surface area contributed by atoms with Gasteiger partial charge in [-0.3, -0.25) is 0 Å². The lowest BCUT2D eigenvalue weighted by Crippen LogP contribution is -2.30. The average molecular weight is 318 g/mol. The zero-order valence-corrected chi connectivity index (χ0v) is 12.9. The monoisotopic (exact) mass is 317 g/mol. The van der Waals surface area contributed by atoms with Crippen molar-refractivity contribution in [2.45, 2.75) is 38.6 Å². The van der Waals surface area contributed by atoms with Gasteiger partial charge in [-0.25, -0.2) is 0 Å². The Balaban J connectivity index is 1.94. The Morgan fingerprint density at radius 3 is 2.53 bits per heavy atom. The first kappa shape index (κ1) is 13.0. The normalized spacial score (nSPS) is 23.5. The summed E-state index contributed by atoms with van der Waals surface area (Å²) in [5.74, 6) is 0.774. The molecular weight excluding hydrogens is 298 g/mol. The fourth-order valence-electron chi connectivity index (χ4n) is 3.12. The van der Waals surface area contributed by atoms with Crippen molar-refractivity contribution in [3.8, 4) is 0 Å². The summed E-state index contributed by atoms with van der Waals surface area (Å²) in [6, 6.07) is 13.6. The highest BCUT2D eigenvalue weighted by molar-refractivity contribution is 9.10. The summed E-state index contributed by atoms with van der Waals surface area (Å²) in [6.45, 7) is 2.37. The summed E-state index contributed by atoms with van der Waals surface area (Å²) in [7, 11) is 0. The van der Waals surface area contributed by atoms with Crippen LogP contribution in [-0.2, 0) is 0 Å². The third-order valence-electron chi connectivity index (χ3n) is 4.32. The summed E-state index contributed by atoms with van der Waals surface area (Å²) in [5.41, 5.74) is 1.28. The highest BCUT2D eigenvalue weighted by atomic mass is 79.9. The Bertz CT molecular complexity index is 578. The van der Waals surface area contributed by atoms with Crippen LogP contribution in [0.15, 0.2) is 40.9 Å². The molecule has 1 fully saturated rings. The number of fused-ring (bicyclic) bond motifs is 1. The number of rotatable bonds is 2. The topological polar surface area (TPSA) is 12.0 Å². The third-order valence-corrected chi connectivity index (χ3v) is 5.01. The van der Waals surface area contributed by atoms with Crippen LogP contribution in [0, 0.1) is 5.92 Å². The van der Waals surface area contributed by atoms with Gasteiger partial charge in [0.05, 0.1) is 0 Å². The number of anilines is 1. The van der Waals surface area contributed by atoms with Gasteiger partial charge in [0, 0.05) is 21.6 Å². The number of benzene rings is 2. The summed E-state index contributed by atoms with van der Waals surface area (Å²) in [4.78, 5) is 0. The van der Waals surface area contributed by atoms with Crippen LogP contribution in [0.25, 0.3) is 10.8 Å². The summed E-state index contributed by atoms with van der Waals surface area (Å²) in [6.07, 6.45) is 5.40. The quantitative estimate of drug-likeness (QED) is 0.761. The molecule has 0 aromatic heterocycles. The van der Waals surface area contributed by atoms with Crippen LogP contribution in [0.4, 0.5) is 5.69 Å². The Hall–Kier alpha value is -1.02. The Labute approximate surface area is 123 Å². The largest absolute Gasteiger partial charge is 0.382 e. The number of halogens is 1. The molecule has 0 saturated heterocycles. The SMILES string of the molecule is CC1CCCCC1Nc1ccc(Br)c2ccccc12. The molecule has 100 valence electrons. The van der Waals surface area contributed by atoms with Crippen molar-refractivity contribution in [1.29, 1.82) is 0 Å². The molecule has 1 aliphatic rings. The lowest BCUT2D eigenvalue weighted by atomic mass is 9.85.